The highest BCUT2D eigenvalue weighted by molar-refractivity contribution is 5.99. The number of rotatable bonds is 12. The molecule has 15 heteroatoms. The molecular formula is C71H72N6O9. The average Bonchev–Trinajstić information content (AvgIpc) is 3.15. The second kappa shape index (κ2) is 28.1. The summed E-state index contributed by atoms with van der Waals surface area (Å²) in [7, 11) is 3.69. The molecule has 3 atom stereocenters. The van der Waals surface area contributed by atoms with Gasteiger partial charge in [0.1, 0.15) is 6.42 Å². The molecule has 440 valence electrons. The number of esters is 4. The van der Waals surface area contributed by atoms with E-state index >= 15 is 0 Å². The molecule has 15 nitrogen and oxygen atoms in total. The number of hydrogen-bond acceptors (Lipinski definition) is 10. The summed E-state index contributed by atoms with van der Waals surface area (Å²) in [5.74, 6) is -5.51. The molecule has 4 aromatic heterocycles. The van der Waals surface area contributed by atoms with Gasteiger partial charge in [0.05, 0.1) is 0 Å². The standard InChI is InChI=1S/C21H19NO4.C18H18N2O.C18H20N2.C8H7N.C6H8O4/c1-21(2)25-19(23)18(20(24)26-21)17(13-8-4-3-5-9-13)15-12-22-16-11-7-6-10-14(15)16;1-19-18(21)11-15(13-7-3-2-4-8-13)16-12-20-17-10-6-5-9-14(16)17;1-19-12-11-15(14-7-3-2-4-8-14)17-13-20-18-10-6-5-9-16(17)18;1-2-4-8-7(3-1)5-6-9-8;1-6(2)9-4(7)3-5(8)10-6/h3-12,17-18,22H,1-2H3;2-10,12,15,20H,11H2,1H3,(H,19,21);2-10,13,15,19-20H,11-12H2,1H3;1-6,9H;3H2,1-2H3. The van der Waals surface area contributed by atoms with E-state index in [1.54, 1.807) is 20.9 Å². The van der Waals surface area contributed by atoms with E-state index in [0.29, 0.717) is 12.3 Å². The van der Waals surface area contributed by atoms with Crippen LogP contribution in [0.1, 0.15) is 98.1 Å². The summed E-state index contributed by atoms with van der Waals surface area (Å²) in [4.78, 5) is 71.5. The van der Waals surface area contributed by atoms with E-state index in [2.05, 4.69) is 143 Å². The fraction of sp³-hybridized carbons (Fsp3) is 0.225. The second-order valence-electron chi connectivity index (χ2n) is 21.8. The number of cyclic esters (lactones) is 4. The zero-order valence-electron chi connectivity index (χ0n) is 49.1. The lowest BCUT2D eigenvalue weighted by Gasteiger charge is -2.36. The molecule has 0 saturated carbocycles. The Balaban J connectivity index is 0.000000135. The van der Waals surface area contributed by atoms with Crippen molar-refractivity contribution >= 4 is 73.4 Å². The maximum absolute atomic E-state index is 12.7. The molecule has 11 aromatic rings. The summed E-state index contributed by atoms with van der Waals surface area (Å²) in [6, 6.07) is 65.3. The third-order valence-electron chi connectivity index (χ3n) is 14.9. The van der Waals surface area contributed by atoms with Crippen LogP contribution < -0.4 is 10.6 Å². The molecule has 13 rings (SSSR count). The maximum atomic E-state index is 12.7. The molecule has 2 aliphatic rings. The lowest BCUT2D eigenvalue weighted by Crippen LogP contribution is -2.48. The number of aromatic nitrogens is 4. The van der Waals surface area contributed by atoms with E-state index in [-0.39, 0.29) is 18.2 Å². The zero-order valence-corrected chi connectivity index (χ0v) is 49.1. The molecule has 2 saturated heterocycles. The van der Waals surface area contributed by atoms with Crippen LogP contribution in [0.15, 0.2) is 219 Å². The first-order valence-corrected chi connectivity index (χ1v) is 28.7. The third-order valence-corrected chi connectivity index (χ3v) is 14.9. The Morgan fingerprint density at radius 2 is 0.884 bits per heavy atom. The number of hydrogen-bond donors (Lipinski definition) is 6. The van der Waals surface area contributed by atoms with Crippen molar-refractivity contribution in [2.75, 3.05) is 20.6 Å². The van der Waals surface area contributed by atoms with Crippen LogP contribution in [0.4, 0.5) is 0 Å². The van der Waals surface area contributed by atoms with Crippen molar-refractivity contribution in [3.8, 4) is 0 Å². The summed E-state index contributed by atoms with van der Waals surface area (Å²) in [5, 5.41) is 10.7. The molecular weight excluding hydrogens is 1080 g/mol. The fourth-order valence-electron chi connectivity index (χ4n) is 10.9. The molecule has 1 amide bonds. The number of amides is 1. The van der Waals surface area contributed by atoms with Gasteiger partial charge < -0.3 is 49.5 Å². The molecule has 2 fully saturated rings. The normalized spacial score (nSPS) is 15.3. The molecule has 0 bridgehead atoms. The van der Waals surface area contributed by atoms with E-state index in [1.165, 1.54) is 57.7 Å². The van der Waals surface area contributed by atoms with E-state index < -0.39 is 47.3 Å². The first-order valence-electron chi connectivity index (χ1n) is 28.7. The van der Waals surface area contributed by atoms with Crippen molar-refractivity contribution in [2.24, 2.45) is 5.92 Å². The average molecular weight is 1150 g/mol. The van der Waals surface area contributed by atoms with Gasteiger partial charge in [-0.15, -0.1) is 0 Å². The summed E-state index contributed by atoms with van der Waals surface area (Å²) in [5.41, 5.74) is 11.3. The Labute approximate surface area is 499 Å². The number of H-pyrrole nitrogens is 4. The van der Waals surface area contributed by atoms with Crippen molar-refractivity contribution in [3.05, 3.63) is 252 Å². The van der Waals surface area contributed by atoms with Gasteiger partial charge in [0.25, 0.3) is 11.6 Å². The number of aromatic amines is 4. The Morgan fingerprint density at radius 1 is 0.477 bits per heavy atom. The van der Waals surface area contributed by atoms with Crippen LogP contribution in [-0.2, 0) is 42.9 Å². The highest BCUT2D eigenvalue weighted by Crippen LogP contribution is 2.41. The summed E-state index contributed by atoms with van der Waals surface area (Å²) >= 11 is 0. The third kappa shape index (κ3) is 15.2. The van der Waals surface area contributed by atoms with Gasteiger partial charge in [-0.05, 0) is 89.1 Å². The van der Waals surface area contributed by atoms with Gasteiger partial charge in [-0.2, -0.15) is 0 Å². The van der Waals surface area contributed by atoms with Crippen molar-refractivity contribution in [1.82, 2.24) is 30.6 Å². The van der Waals surface area contributed by atoms with Crippen molar-refractivity contribution in [1.29, 1.82) is 0 Å². The predicted molar refractivity (Wildman–Crippen MR) is 336 cm³/mol. The Hall–Kier alpha value is -9.99. The summed E-state index contributed by atoms with van der Waals surface area (Å²) in [6.45, 7) is 7.16. The van der Waals surface area contributed by atoms with Gasteiger partial charge >= 0.3 is 23.9 Å². The minimum Gasteiger partial charge on any atom is -0.423 e. The molecule has 0 radical (unpaired) electrons. The SMILES string of the molecule is CC1(C)OC(=O)C(C(c2ccccc2)c2c[nH]c3ccccc23)C(=O)O1.CC1(C)OC(=O)CC(=O)O1.CNC(=O)CC(c1ccccc1)c1c[nH]c2ccccc12.CNCCC(c1ccccc1)c1c[nH]c2ccccc12.c1ccc2[nH]ccc2c1. The van der Waals surface area contributed by atoms with E-state index in [4.69, 9.17) is 9.47 Å². The Kier molecular flexibility index (Phi) is 19.8. The van der Waals surface area contributed by atoms with Crippen molar-refractivity contribution < 1.29 is 42.9 Å². The Bertz CT molecular complexity index is 3960. The first-order chi connectivity index (χ1) is 41.6. The summed E-state index contributed by atoms with van der Waals surface area (Å²) < 4.78 is 20.1. The number of para-hydroxylation sites is 4. The molecule has 0 spiro atoms. The van der Waals surface area contributed by atoms with E-state index in [1.807, 2.05) is 123 Å². The van der Waals surface area contributed by atoms with E-state index in [9.17, 15) is 24.0 Å². The number of fused-ring (bicyclic) bond motifs is 4. The minimum atomic E-state index is -1.24. The quantitative estimate of drug-likeness (QED) is 0.0503. The van der Waals surface area contributed by atoms with Crippen LogP contribution in [0.25, 0.3) is 43.6 Å². The van der Waals surface area contributed by atoms with Crippen molar-refractivity contribution in [3.63, 3.8) is 0 Å². The lowest BCUT2D eigenvalue weighted by molar-refractivity contribution is -0.241. The molecule has 6 heterocycles. The van der Waals surface area contributed by atoms with Crippen molar-refractivity contribution in [2.45, 2.75) is 76.3 Å². The molecule has 2 aliphatic heterocycles. The van der Waals surface area contributed by atoms with Gasteiger partial charge in [0.15, 0.2) is 5.92 Å². The second-order valence-corrected chi connectivity index (χ2v) is 21.8. The van der Waals surface area contributed by atoms with Crippen LogP contribution in [0.5, 0.6) is 0 Å². The number of ether oxygens (including phenoxy) is 4. The lowest BCUT2D eigenvalue weighted by atomic mass is 9.80. The van der Waals surface area contributed by atoms with Crippen LogP contribution in [-0.4, -0.2) is 81.9 Å². The van der Waals surface area contributed by atoms with Gasteiger partial charge in [0.2, 0.25) is 5.91 Å². The number of carbonyl (C=O) groups excluding carboxylic acids is 5. The predicted octanol–water partition coefficient (Wildman–Crippen LogP) is 13.5. The highest BCUT2D eigenvalue weighted by Gasteiger charge is 2.48. The Morgan fingerprint density at radius 3 is 1.36 bits per heavy atom. The van der Waals surface area contributed by atoms with Crippen LogP contribution in [0, 0.1) is 5.92 Å². The number of benzene rings is 7. The van der Waals surface area contributed by atoms with Crippen LogP contribution in [0.3, 0.4) is 0 Å². The van der Waals surface area contributed by atoms with Gasteiger partial charge in [-0.3, -0.25) is 24.0 Å². The number of nitrogens with one attached hydrogen (secondary N) is 6. The minimum absolute atomic E-state index is 0.0501. The first kappa shape index (κ1) is 60.6. The maximum Gasteiger partial charge on any atom is 0.324 e. The molecule has 86 heavy (non-hydrogen) atoms. The smallest absolute Gasteiger partial charge is 0.324 e. The van der Waals surface area contributed by atoms with Gasteiger partial charge in [-0.1, -0.05) is 164 Å². The molecule has 6 N–H and O–H groups in total. The molecule has 7 aromatic carbocycles. The van der Waals surface area contributed by atoms with Gasteiger partial charge in [0, 0.05) is 122 Å². The van der Waals surface area contributed by atoms with E-state index in [0.717, 1.165) is 46.1 Å². The zero-order chi connectivity index (χ0) is 60.6. The summed E-state index contributed by atoms with van der Waals surface area (Å²) in [6.07, 6.45) is 9.25. The largest absolute Gasteiger partial charge is 0.423 e. The monoisotopic (exact) mass is 1150 g/mol. The molecule has 0 aliphatic carbocycles. The highest BCUT2D eigenvalue weighted by atomic mass is 16.7. The molecule has 3 unspecified atom stereocenters. The van der Waals surface area contributed by atoms with Gasteiger partial charge in [-0.25, -0.2) is 0 Å². The van der Waals surface area contributed by atoms with Crippen LogP contribution in [0.2, 0.25) is 0 Å². The topological polar surface area (TPSA) is 209 Å². The number of carbonyl (C=O) groups is 5. The fourth-order valence-corrected chi connectivity index (χ4v) is 10.9. The van der Waals surface area contributed by atoms with Crippen LogP contribution >= 0.6 is 0 Å².